The second-order valence-electron chi connectivity index (χ2n) is 7.12. The number of ether oxygens (including phenoxy) is 1. The van der Waals surface area contributed by atoms with Crippen LogP contribution in [0.1, 0.15) is 38.3 Å². The second kappa shape index (κ2) is 9.56. The van der Waals surface area contributed by atoms with Gasteiger partial charge in [0.1, 0.15) is 5.69 Å². The Kier molecular flexibility index (Phi) is 6.87. The minimum atomic E-state index is -0.131. The predicted molar refractivity (Wildman–Crippen MR) is 115 cm³/mol. The fraction of sp³-hybridized carbons (Fsp3) is 0.476. The number of fused-ring (bicyclic) bond motifs is 1. The Morgan fingerprint density at radius 1 is 1.24 bits per heavy atom. The summed E-state index contributed by atoms with van der Waals surface area (Å²) >= 11 is 0. The monoisotopic (exact) mass is 398 g/mol. The van der Waals surface area contributed by atoms with Crippen molar-refractivity contribution < 1.29 is 9.53 Å². The van der Waals surface area contributed by atoms with Crippen LogP contribution in [0.2, 0.25) is 0 Å². The number of anilines is 3. The van der Waals surface area contributed by atoms with Gasteiger partial charge >= 0.3 is 6.01 Å². The highest BCUT2D eigenvalue weighted by Gasteiger charge is 2.27. The molecule has 1 aromatic carbocycles. The molecule has 3 rings (SSSR count). The molecule has 156 valence electrons. The first-order chi connectivity index (χ1) is 14.0. The lowest BCUT2D eigenvalue weighted by molar-refractivity contribution is -0.115. The zero-order chi connectivity index (χ0) is 20.8. The van der Waals surface area contributed by atoms with Gasteiger partial charge in [-0.25, -0.2) is 0 Å². The molecule has 1 amide bonds. The molecule has 0 unspecified atom stereocenters. The van der Waals surface area contributed by atoms with E-state index >= 15 is 0 Å². The van der Waals surface area contributed by atoms with Crippen molar-refractivity contribution in [1.82, 2.24) is 14.9 Å². The Labute approximate surface area is 172 Å². The first-order valence-corrected chi connectivity index (χ1v) is 10.2. The van der Waals surface area contributed by atoms with Crippen molar-refractivity contribution in [2.24, 2.45) is 0 Å². The number of nitrogens with one attached hydrogen (secondary N) is 1. The van der Waals surface area contributed by atoms with Crippen molar-refractivity contribution >= 4 is 23.2 Å². The van der Waals surface area contributed by atoms with Crippen LogP contribution in [0, 0.1) is 0 Å². The number of nitrogen functional groups attached to an aromatic ring is 1. The molecule has 29 heavy (non-hydrogen) atoms. The van der Waals surface area contributed by atoms with E-state index in [4.69, 9.17) is 10.5 Å². The molecule has 0 aliphatic carbocycles. The van der Waals surface area contributed by atoms with E-state index in [0.29, 0.717) is 24.7 Å². The molecule has 3 N–H and O–H groups in total. The molecule has 0 saturated heterocycles. The summed E-state index contributed by atoms with van der Waals surface area (Å²) in [6.45, 7) is 10.5. The van der Waals surface area contributed by atoms with Gasteiger partial charge in [0, 0.05) is 13.1 Å². The number of benzene rings is 1. The van der Waals surface area contributed by atoms with Crippen molar-refractivity contribution in [3.05, 3.63) is 35.4 Å². The van der Waals surface area contributed by atoms with E-state index in [2.05, 4.69) is 58.3 Å². The number of hydrogen-bond donors (Lipinski definition) is 2. The molecule has 2 aromatic rings. The van der Waals surface area contributed by atoms with Gasteiger partial charge in [0.15, 0.2) is 11.6 Å². The number of rotatable bonds is 9. The highest BCUT2D eigenvalue weighted by atomic mass is 16.5. The predicted octanol–water partition coefficient (Wildman–Crippen LogP) is 2.65. The topological polar surface area (TPSA) is 96.6 Å². The molecule has 1 aliphatic rings. The smallest absolute Gasteiger partial charge is 0.320 e. The van der Waals surface area contributed by atoms with E-state index in [0.717, 1.165) is 31.6 Å². The molecule has 1 aromatic heterocycles. The molecule has 8 heteroatoms. The molecular weight excluding hydrogens is 368 g/mol. The maximum Gasteiger partial charge on any atom is 0.320 e. The lowest BCUT2D eigenvalue weighted by atomic mass is 10.1. The first-order valence-electron chi connectivity index (χ1n) is 10.2. The van der Waals surface area contributed by atoms with E-state index in [1.165, 1.54) is 5.56 Å². The van der Waals surface area contributed by atoms with Crippen LogP contribution in [0.3, 0.4) is 0 Å². The van der Waals surface area contributed by atoms with Crippen LogP contribution < -0.4 is 20.7 Å². The quantitative estimate of drug-likeness (QED) is 0.670. The average Bonchev–Trinajstić information content (AvgIpc) is 2.69. The Balaban J connectivity index is 1.84. The van der Waals surface area contributed by atoms with Gasteiger partial charge in [0.2, 0.25) is 5.91 Å². The molecule has 0 atom stereocenters. The zero-order valence-electron chi connectivity index (χ0n) is 17.4. The largest absolute Gasteiger partial charge is 0.464 e. The standard InChI is InChI=1S/C21H30N6O2/c1-4-10-26(5-2)12-15-8-7-9-16(11-15)13-27-14-17(28)23-18-19(22)24-21(29-6-3)25-20(18)27/h7-9,11H,4-6,10,12-14H2,1-3H3,(H,23,28)(H2,22,24,25). The minimum absolute atomic E-state index is 0.131. The Morgan fingerprint density at radius 2 is 2.03 bits per heavy atom. The fourth-order valence-electron chi connectivity index (χ4n) is 3.52. The molecule has 0 spiro atoms. The lowest BCUT2D eigenvalue weighted by Gasteiger charge is -2.30. The molecule has 0 fully saturated rings. The third kappa shape index (κ3) is 5.14. The summed E-state index contributed by atoms with van der Waals surface area (Å²) in [6, 6.07) is 8.69. The van der Waals surface area contributed by atoms with Crippen LogP contribution in [0.5, 0.6) is 6.01 Å². The Morgan fingerprint density at radius 3 is 2.76 bits per heavy atom. The van der Waals surface area contributed by atoms with E-state index in [9.17, 15) is 4.79 Å². The summed E-state index contributed by atoms with van der Waals surface area (Å²) < 4.78 is 5.43. The zero-order valence-corrected chi connectivity index (χ0v) is 17.4. The molecule has 2 heterocycles. The third-order valence-electron chi connectivity index (χ3n) is 4.83. The van der Waals surface area contributed by atoms with E-state index in [-0.39, 0.29) is 24.3 Å². The number of nitrogens with two attached hydrogens (primary N) is 1. The summed E-state index contributed by atoms with van der Waals surface area (Å²) in [5.41, 5.74) is 8.86. The molecule has 0 radical (unpaired) electrons. The number of amides is 1. The highest BCUT2D eigenvalue weighted by molar-refractivity contribution is 6.03. The van der Waals surface area contributed by atoms with E-state index in [1.54, 1.807) is 0 Å². The molecule has 8 nitrogen and oxygen atoms in total. The van der Waals surface area contributed by atoms with Gasteiger partial charge < -0.3 is 20.7 Å². The number of nitrogens with zero attached hydrogens (tertiary/aromatic N) is 4. The number of carbonyl (C=O) groups is 1. The summed E-state index contributed by atoms with van der Waals surface area (Å²) in [4.78, 5) is 25.1. The normalized spacial score (nSPS) is 13.4. The number of carbonyl (C=O) groups excluding carboxylic acids is 1. The maximum absolute atomic E-state index is 12.2. The van der Waals surface area contributed by atoms with E-state index < -0.39 is 0 Å². The van der Waals surface area contributed by atoms with Crippen molar-refractivity contribution in [1.29, 1.82) is 0 Å². The van der Waals surface area contributed by atoms with Gasteiger partial charge in [-0.2, -0.15) is 9.97 Å². The van der Waals surface area contributed by atoms with E-state index in [1.807, 2.05) is 11.8 Å². The number of hydrogen-bond acceptors (Lipinski definition) is 7. The van der Waals surface area contributed by atoms with Gasteiger partial charge in [-0.1, -0.05) is 38.1 Å². The van der Waals surface area contributed by atoms with Gasteiger partial charge in [-0.15, -0.1) is 0 Å². The maximum atomic E-state index is 12.2. The summed E-state index contributed by atoms with van der Waals surface area (Å²) in [7, 11) is 0. The van der Waals surface area contributed by atoms with Gasteiger partial charge in [-0.3, -0.25) is 9.69 Å². The van der Waals surface area contributed by atoms with Crippen LogP contribution in [-0.4, -0.2) is 47.0 Å². The summed E-state index contributed by atoms with van der Waals surface area (Å²) in [6.07, 6.45) is 1.14. The van der Waals surface area contributed by atoms with Crippen molar-refractivity contribution in [2.75, 3.05) is 42.2 Å². The SMILES string of the molecule is CCCN(CC)Cc1cccc(CN2CC(=O)Nc3c(N)nc(OCC)nc32)c1. The molecule has 1 aliphatic heterocycles. The average molecular weight is 399 g/mol. The lowest BCUT2D eigenvalue weighted by Crippen LogP contribution is -2.39. The second-order valence-corrected chi connectivity index (χ2v) is 7.12. The molecule has 0 bridgehead atoms. The van der Waals surface area contributed by atoms with Gasteiger partial charge in [0.25, 0.3) is 0 Å². The fourth-order valence-corrected chi connectivity index (χ4v) is 3.52. The van der Waals surface area contributed by atoms with Crippen LogP contribution in [0.25, 0.3) is 0 Å². The van der Waals surface area contributed by atoms with Crippen LogP contribution >= 0.6 is 0 Å². The van der Waals surface area contributed by atoms with Crippen LogP contribution in [0.4, 0.5) is 17.3 Å². The first kappa shape index (κ1) is 20.9. The minimum Gasteiger partial charge on any atom is -0.464 e. The van der Waals surface area contributed by atoms with Crippen LogP contribution in [0.15, 0.2) is 24.3 Å². The third-order valence-corrected chi connectivity index (χ3v) is 4.83. The Hall–Kier alpha value is -2.87. The molecule has 0 saturated carbocycles. The molecular formula is C21H30N6O2. The van der Waals surface area contributed by atoms with Gasteiger partial charge in [-0.05, 0) is 37.6 Å². The summed E-state index contributed by atoms with van der Waals surface area (Å²) in [5, 5.41) is 2.78. The number of aromatic nitrogens is 2. The van der Waals surface area contributed by atoms with Crippen molar-refractivity contribution in [3.8, 4) is 6.01 Å². The van der Waals surface area contributed by atoms with Crippen molar-refractivity contribution in [3.63, 3.8) is 0 Å². The Bertz CT molecular complexity index is 857. The van der Waals surface area contributed by atoms with Crippen LogP contribution in [-0.2, 0) is 17.9 Å². The highest BCUT2D eigenvalue weighted by Crippen LogP contribution is 2.34. The summed E-state index contributed by atoms with van der Waals surface area (Å²) in [5.74, 6) is 0.670. The van der Waals surface area contributed by atoms with Gasteiger partial charge in [0.05, 0.1) is 13.2 Å². The van der Waals surface area contributed by atoms with Crippen molar-refractivity contribution in [2.45, 2.75) is 40.3 Å².